The van der Waals surface area contributed by atoms with E-state index in [1.807, 2.05) is 13.8 Å². The van der Waals surface area contributed by atoms with Crippen LogP contribution in [0.25, 0.3) is 0 Å². The molecular formula is C13H33N3O3Si. The fourth-order valence-corrected chi connectivity index (χ4v) is 4.84. The molecule has 0 aliphatic carbocycles. The average Bonchev–Trinajstić information content (AvgIpc) is 2.42. The lowest BCUT2D eigenvalue weighted by Crippen LogP contribution is -2.48. The Bertz CT molecular complexity index is 217. The van der Waals surface area contributed by atoms with E-state index in [-0.39, 0.29) is 6.10 Å². The lowest BCUT2D eigenvalue weighted by molar-refractivity contribution is 0.0355. The van der Waals surface area contributed by atoms with E-state index in [4.69, 9.17) is 24.7 Å². The molecule has 5 N–H and O–H groups in total. The standard InChI is InChI=1S/C13H33N3O3Si/c1-4-17-20(18-5-2,12-6-8-14)19-13(3)7-10-16-11-9-15/h13,16H,4-12,14-15H2,1-3H3. The highest BCUT2D eigenvalue weighted by molar-refractivity contribution is 6.60. The summed E-state index contributed by atoms with van der Waals surface area (Å²) < 4.78 is 17.9. The van der Waals surface area contributed by atoms with Crippen molar-refractivity contribution in [2.75, 3.05) is 39.4 Å². The minimum Gasteiger partial charge on any atom is -0.374 e. The van der Waals surface area contributed by atoms with Crippen LogP contribution in [0, 0.1) is 0 Å². The molecule has 1 atom stereocenters. The molecule has 6 nitrogen and oxygen atoms in total. The molecule has 0 amide bonds. The van der Waals surface area contributed by atoms with Gasteiger partial charge in [0, 0.05) is 38.5 Å². The summed E-state index contributed by atoms with van der Waals surface area (Å²) in [7, 11) is -2.58. The third kappa shape index (κ3) is 9.01. The lowest BCUT2D eigenvalue weighted by Gasteiger charge is -2.31. The number of rotatable bonds is 14. The minimum absolute atomic E-state index is 0.0998. The second-order valence-electron chi connectivity index (χ2n) is 4.70. The monoisotopic (exact) mass is 307 g/mol. The zero-order valence-corrected chi connectivity index (χ0v) is 14.3. The molecule has 0 heterocycles. The fraction of sp³-hybridized carbons (Fsp3) is 1.00. The third-order valence-electron chi connectivity index (χ3n) is 2.85. The molecule has 122 valence electrons. The molecule has 7 heteroatoms. The Kier molecular flexibility index (Phi) is 12.7. The van der Waals surface area contributed by atoms with E-state index in [1.165, 1.54) is 0 Å². The van der Waals surface area contributed by atoms with Gasteiger partial charge >= 0.3 is 8.80 Å². The van der Waals surface area contributed by atoms with Crippen molar-refractivity contribution in [2.45, 2.75) is 45.8 Å². The molecule has 0 radical (unpaired) electrons. The van der Waals surface area contributed by atoms with Crippen molar-refractivity contribution in [2.24, 2.45) is 11.5 Å². The predicted octanol–water partition coefficient (Wildman–Crippen LogP) is 0.691. The van der Waals surface area contributed by atoms with Crippen LogP contribution in [-0.4, -0.2) is 54.3 Å². The highest BCUT2D eigenvalue weighted by Crippen LogP contribution is 2.20. The Hall–Kier alpha value is -0.0231. The Labute approximate surface area is 124 Å². The molecule has 0 spiro atoms. The van der Waals surface area contributed by atoms with Crippen LogP contribution in [0.1, 0.15) is 33.6 Å². The number of nitrogens with one attached hydrogen (secondary N) is 1. The van der Waals surface area contributed by atoms with E-state index in [2.05, 4.69) is 12.2 Å². The van der Waals surface area contributed by atoms with Crippen molar-refractivity contribution in [3.05, 3.63) is 0 Å². The van der Waals surface area contributed by atoms with E-state index >= 15 is 0 Å². The van der Waals surface area contributed by atoms with Crippen molar-refractivity contribution >= 4 is 8.80 Å². The van der Waals surface area contributed by atoms with Gasteiger partial charge in [-0.05, 0) is 46.7 Å². The summed E-state index contributed by atoms with van der Waals surface area (Å²) in [4.78, 5) is 0. The van der Waals surface area contributed by atoms with E-state index in [0.29, 0.717) is 26.3 Å². The fourth-order valence-electron chi connectivity index (χ4n) is 1.97. The van der Waals surface area contributed by atoms with Gasteiger partial charge in [-0.15, -0.1) is 0 Å². The van der Waals surface area contributed by atoms with Crippen molar-refractivity contribution in [3.8, 4) is 0 Å². The van der Waals surface area contributed by atoms with Crippen molar-refractivity contribution in [1.29, 1.82) is 0 Å². The predicted molar refractivity (Wildman–Crippen MR) is 84.6 cm³/mol. The summed E-state index contributed by atoms with van der Waals surface area (Å²) in [5, 5.41) is 3.27. The molecule has 0 aromatic carbocycles. The van der Waals surface area contributed by atoms with Crippen LogP contribution >= 0.6 is 0 Å². The van der Waals surface area contributed by atoms with Crippen molar-refractivity contribution in [1.82, 2.24) is 5.32 Å². The Morgan fingerprint density at radius 3 is 2.20 bits per heavy atom. The minimum atomic E-state index is -2.58. The highest BCUT2D eigenvalue weighted by Gasteiger charge is 2.41. The summed E-state index contributed by atoms with van der Waals surface area (Å²) in [5.74, 6) is 0. The van der Waals surface area contributed by atoms with Crippen LogP contribution in [0.2, 0.25) is 6.04 Å². The SMILES string of the molecule is CCO[Si](CCCN)(OCC)OC(C)CCNCCN. The topological polar surface area (TPSA) is 91.8 Å². The molecule has 0 aromatic rings. The second-order valence-corrected chi connectivity index (χ2v) is 7.38. The molecule has 0 bridgehead atoms. The highest BCUT2D eigenvalue weighted by atomic mass is 28.4. The molecule has 0 aliphatic rings. The van der Waals surface area contributed by atoms with E-state index in [9.17, 15) is 0 Å². The molecule has 20 heavy (non-hydrogen) atoms. The van der Waals surface area contributed by atoms with Gasteiger partial charge in [-0.1, -0.05) is 0 Å². The first-order chi connectivity index (χ1) is 9.64. The summed E-state index contributed by atoms with van der Waals surface area (Å²) in [6.07, 6.45) is 1.88. The molecule has 1 unspecified atom stereocenters. The normalized spacial score (nSPS) is 13.7. The van der Waals surface area contributed by atoms with Gasteiger partial charge < -0.3 is 30.1 Å². The zero-order chi connectivity index (χ0) is 15.3. The van der Waals surface area contributed by atoms with Crippen LogP contribution in [0.5, 0.6) is 0 Å². The first kappa shape index (κ1) is 20.0. The van der Waals surface area contributed by atoms with Crippen molar-refractivity contribution in [3.63, 3.8) is 0 Å². The van der Waals surface area contributed by atoms with Crippen LogP contribution < -0.4 is 16.8 Å². The third-order valence-corrected chi connectivity index (χ3v) is 6.03. The summed E-state index contributed by atoms with van der Waals surface area (Å²) >= 11 is 0. The van der Waals surface area contributed by atoms with Gasteiger partial charge in [0.2, 0.25) is 0 Å². The largest absolute Gasteiger partial charge is 0.501 e. The zero-order valence-electron chi connectivity index (χ0n) is 13.3. The first-order valence-electron chi connectivity index (χ1n) is 7.70. The second kappa shape index (κ2) is 12.7. The van der Waals surface area contributed by atoms with Gasteiger partial charge in [-0.2, -0.15) is 0 Å². The summed E-state index contributed by atoms with van der Waals surface area (Å²) in [6, 6.07) is 0.783. The maximum absolute atomic E-state index is 6.17. The smallest absolute Gasteiger partial charge is 0.374 e. The van der Waals surface area contributed by atoms with E-state index in [1.54, 1.807) is 0 Å². The lowest BCUT2D eigenvalue weighted by atomic mass is 10.3. The van der Waals surface area contributed by atoms with E-state index < -0.39 is 8.80 Å². The molecule has 0 saturated carbocycles. The molecule has 0 aliphatic heterocycles. The number of hydrogen-bond donors (Lipinski definition) is 3. The number of hydrogen-bond acceptors (Lipinski definition) is 6. The van der Waals surface area contributed by atoms with Crippen LogP contribution in [0.3, 0.4) is 0 Å². The average molecular weight is 308 g/mol. The maximum Gasteiger partial charge on any atom is 0.501 e. The Morgan fingerprint density at radius 2 is 1.70 bits per heavy atom. The van der Waals surface area contributed by atoms with Gasteiger partial charge in [0.05, 0.1) is 0 Å². The Morgan fingerprint density at radius 1 is 1.05 bits per heavy atom. The molecule has 0 saturated heterocycles. The maximum atomic E-state index is 6.17. The van der Waals surface area contributed by atoms with Crippen LogP contribution in [0.4, 0.5) is 0 Å². The van der Waals surface area contributed by atoms with Crippen LogP contribution in [0.15, 0.2) is 0 Å². The van der Waals surface area contributed by atoms with Crippen LogP contribution in [-0.2, 0) is 13.3 Å². The molecule has 0 fully saturated rings. The quantitative estimate of drug-likeness (QED) is 0.323. The Balaban J connectivity index is 4.35. The van der Waals surface area contributed by atoms with E-state index in [0.717, 1.165) is 32.0 Å². The van der Waals surface area contributed by atoms with Gasteiger partial charge in [-0.25, -0.2) is 0 Å². The summed E-state index contributed by atoms with van der Waals surface area (Å²) in [5.41, 5.74) is 11.0. The number of nitrogens with two attached hydrogens (primary N) is 2. The van der Waals surface area contributed by atoms with Gasteiger partial charge in [-0.3, -0.25) is 0 Å². The van der Waals surface area contributed by atoms with Crippen molar-refractivity contribution < 1.29 is 13.3 Å². The molecular weight excluding hydrogens is 274 g/mol. The first-order valence-corrected chi connectivity index (χ1v) is 9.63. The molecule has 0 rings (SSSR count). The van der Waals surface area contributed by atoms with Gasteiger partial charge in [0.25, 0.3) is 0 Å². The van der Waals surface area contributed by atoms with Gasteiger partial charge in [0.15, 0.2) is 0 Å². The van der Waals surface area contributed by atoms with Gasteiger partial charge in [0.1, 0.15) is 0 Å². The molecule has 0 aromatic heterocycles. The summed E-state index contributed by atoms with van der Waals surface area (Å²) in [6.45, 7) is 10.2.